The van der Waals surface area contributed by atoms with E-state index >= 15 is 0 Å². The second kappa shape index (κ2) is 11.1. The number of hydrogen-bond donors (Lipinski definition) is 1. The number of aliphatic hydroxyl groups excluding tert-OH is 1. The van der Waals surface area contributed by atoms with Crippen molar-refractivity contribution in [2.45, 2.75) is 52.6 Å². The number of benzene rings is 1. The highest BCUT2D eigenvalue weighted by Crippen LogP contribution is 2.26. The summed E-state index contributed by atoms with van der Waals surface area (Å²) < 4.78 is 42.2. The zero-order valence-corrected chi connectivity index (χ0v) is 23.0. The fraction of sp³-hybridized carbons (Fsp3) is 0.360. The number of hydrogen-bond acceptors (Lipinski definition) is 7. The summed E-state index contributed by atoms with van der Waals surface area (Å²) in [6, 6.07) is 9.07. The Morgan fingerprint density at radius 3 is 2.35 bits per heavy atom. The Bertz CT molecular complexity index is 1590. The number of nitrogens with zero attached hydrogens (tertiary/aromatic N) is 7. The van der Waals surface area contributed by atoms with E-state index < -0.39 is 31.1 Å². The minimum absolute atomic E-state index is 0.0373. The molecule has 0 aliphatic rings. The molecule has 0 aliphatic carbocycles. The van der Waals surface area contributed by atoms with Crippen LogP contribution >= 0.6 is 23.2 Å². The van der Waals surface area contributed by atoms with Crippen molar-refractivity contribution in [2.24, 2.45) is 5.41 Å². The van der Waals surface area contributed by atoms with Crippen LogP contribution in [0.2, 0.25) is 10.0 Å². The van der Waals surface area contributed by atoms with Gasteiger partial charge in [0.05, 0.1) is 11.6 Å². The van der Waals surface area contributed by atoms with E-state index in [0.29, 0.717) is 9.59 Å². The van der Waals surface area contributed by atoms with Crippen molar-refractivity contribution in [2.75, 3.05) is 0 Å². The summed E-state index contributed by atoms with van der Waals surface area (Å²) in [6.07, 6.45) is -6.22. The van der Waals surface area contributed by atoms with Crippen molar-refractivity contribution in [3.8, 4) is 17.2 Å². The van der Waals surface area contributed by atoms with Crippen molar-refractivity contribution >= 4 is 29.0 Å². The van der Waals surface area contributed by atoms with Gasteiger partial charge in [0, 0.05) is 23.2 Å². The maximum Gasteiger partial charge on any atom is 0.416 e. The van der Waals surface area contributed by atoms with Gasteiger partial charge in [-0.25, -0.2) is 19.4 Å². The molecule has 10 nitrogen and oxygen atoms in total. The summed E-state index contributed by atoms with van der Waals surface area (Å²) in [6.45, 7) is 4.13. The van der Waals surface area contributed by atoms with Crippen LogP contribution in [0.4, 0.5) is 13.2 Å². The van der Waals surface area contributed by atoms with Crippen molar-refractivity contribution in [3.05, 3.63) is 74.8 Å². The van der Waals surface area contributed by atoms with Crippen LogP contribution in [0.15, 0.2) is 47.4 Å². The van der Waals surface area contributed by atoms with Gasteiger partial charge in [-0.05, 0) is 41.8 Å². The number of alkyl halides is 3. The molecule has 1 atom stereocenters. The molecule has 0 saturated carbocycles. The average Bonchev–Trinajstić information content (AvgIpc) is 3.40. The van der Waals surface area contributed by atoms with E-state index in [4.69, 9.17) is 23.2 Å². The molecular formula is C25H24Cl2F3N7O3. The highest BCUT2D eigenvalue weighted by atomic mass is 35.5. The normalized spacial score (nSPS) is 13.0. The maximum absolute atomic E-state index is 13.2. The number of aromatic nitrogens is 7. The van der Waals surface area contributed by atoms with Gasteiger partial charge in [0.2, 0.25) is 11.6 Å². The third kappa shape index (κ3) is 6.60. The van der Waals surface area contributed by atoms with Crippen molar-refractivity contribution < 1.29 is 23.1 Å². The molecule has 3 heterocycles. The molecule has 0 bridgehead atoms. The maximum atomic E-state index is 13.2. The van der Waals surface area contributed by atoms with Gasteiger partial charge in [0.25, 0.3) is 0 Å². The van der Waals surface area contributed by atoms with Crippen molar-refractivity contribution in [1.29, 1.82) is 0 Å². The van der Waals surface area contributed by atoms with Crippen LogP contribution in [-0.4, -0.2) is 57.3 Å². The minimum Gasteiger partial charge on any atom is -0.382 e. The van der Waals surface area contributed by atoms with Crippen LogP contribution < -0.4 is 5.69 Å². The second-order valence-corrected chi connectivity index (χ2v) is 11.0. The second-order valence-electron chi connectivity index (χ2n) is 10.2. The number of carbonyl (C=O) groups is 1. The highest BCUT2D eigenvalue weighted by molar-refractivity contribution is 6.32. The monoisotopic (exact) mass is 597 g/mol. The lowest BCUT2D eigenvalue weighted by Crippen LogP contribution is -2.37. The summed E-state index contributed by atoms with van der Waals surface area (Å²) in [5.74, 6) is -0.483. The van der Waals surface area contributed by atoms with Crippen LogP contribution in [-0.2, 0) is 13.1 Å². The Morgan fingerprint density at radius 2 is 1.75 bits per heavy atom. The number of pyridine rings is 1. The van der Waals surface area contributed by atoms with Crippen LogP contribution in [0.25, 0.3) is 17.2 Å². The van der Waals surface area contributed by atoms with Gasteiger partial charge < -0.3 is 5.11 Å². The number of Topliss-reactive ketones (excluding diaryl/α,β-unsaturated/α-hetero) is 1. The predicted octanol–water partition coefficient (Wildman–Crippen LogP) is 4.58. The molecule has 0 fully saturated rings. The molecule has 212 valence electrons. The standard InChI is InChI=1S/C25H24Cl2F3N7O3/c1-24(2,3)11-17(38)22-32-19(33-37(22)21-16(27)5-4-10-31-21)13-36-23(40)35(12-18(39)25(28,29)30)20(34-36)14-6-8-15(26)9-7-14/h4-10,18,39H,11-13H2,1-3H3/t18-/m0/s1. The predicted molar refractivity (Wildman–Crippen MR) is 141 cm³/mol. The highest BCUT2D eigenvalue weighted by Gasteiger charge is 2.39. The summed E-state index contributed by atoms with van der Waals surface area (Å²) in [5.41, 5.74) is -1.05. The molecule has 0 amide bonds. The summed E-state index contributed by atoms with van der Waals surface area (Å²) in [4.78, 5) is 34.9. The van der Waals surface area contributed by atoms with Gasteiger partial charge in [0.15, 0.2) is 23.6 Å². The van der Waals surface area contributed by atoms with Crippen LogP contribution in [0, 0.1) is 5.41 Å². The largest absolute Gasteiger partial charge is 0.416 e. The topological polar surface area (TPSA) is 121 Å². The summed E-state index contributed by atoms with van der Waals surface area (Å²) in [7, 11) is 0. The van der Waals surface area contributed by atoms with E-state index in [-0.39, 0.29) is 51.5 Å². The molecule has 0 aliphatic heterocycles. The molecule has 15 heteroatoms. The summed E-state index contributed by atoms with van der Waals surface area (Å²) >= 11 is 12.2. The Hall–Kier alpha value is -3.55. The molecule has 0 radical (unpaired) electrons. The van der Waals surface area contributed by atoms with Crippen molar-refractivity contribution in [1.82, 2.24) is 34.1 Å². The van der Waals surface area contributed by atoms with E-state index in [1.54, 1.807) is 12.1 Å². The van der Waals surface area contributed by atoms with E-state index in [2.05, 4.69) is 20.2 Å². The molecule has 4 rings (SSSR count). The van der Waals surface area contributed by atoms with Gasteiger partial charge >= 0.3 is 11.9 Å². The van der Waals surface area contributed by atoms with Crippen LogP contribution in [0.1, 0.15) is 43.6 Å². The lowest BCUT2D eigenvalue weighted by molar-refractivity contribution is -0.207. The molecule has 0 saturated heterocycles. The number of aliphatic hydroxyl groups is 1. The summed E-state index contributed by atoms with van der Waals surface area (Å²) in [5, 5.41) is 18.8. The zero-order valence-electron chi connectivity index (χ0n) is 21.5. The number of halogens is 5. The first-order valence-corrected chi connectivity index (χ1v) is 12.7. The molecule has 4 aromatic rings. The van der Waals surface area contributed by atoms with Crippen LogP contribution in [0.3, 0.4) is 0 Å². The number of rotatable bonds is 8. The van der Waals surface area contributed by atoms with Crippen LogP contribution in [0.5, 0.6) is 0 Å². The quantitative estimate of drug-likeness (QED) is 0.295. The van der Waals surface area contributed by atoms with E-state index in [1.165, 1.54) is 35.1 Å². The lowest BCUT2D eigenvalue weighted by Gasteiger charge is -2.16. The van der Waals surface area contributed by atoms with E-state index in [9.17, 15) is 27.9 Å². The van der Waals surface area contributed by atoms with E-state index in [0.717, 1.165) is 4.68 Å². The van der Waals surface area contributed by atoms with Gasteiger partial charge in [-0.3, -0.25) is 9.36 Å². The van der Waals surface area contributed by atoms with E-state index in [1.807, 2.05) is 20.8 Å². The number of ketones is 1. The molecule has 0 spiro atoms. The molecule has 3 aromatic heterocycles. The lowest BCUT2D eigenvalue weighted by atomic mass is 9.90. The SMILES string of the molecule is CC(C)(C)CC(=O)c1nc(Cn2nc(-c3ccc(Cl)cc3)n(C[C@H](O)C(F)(F)F)c2=O)nn1-c1ncccc1Cl. The average molecular weight is 598 g/mol. The Kier molecular flexibility index (Phi) is 8.20. The van der Waals surface area contributed by atoms with Gasteiger partial charge in [0.1, 0.15) is 6.54 Å². The molecule has 1 aromatic carbocycles. The Labute approximate surface area is 236 Å². The first kappa shape index (κ1) is 29.4. The van der Waals surface area contributed by atoms with Gasteiger partial charge in [-0.15, -0.1) is 10.2 Å². The smallest absolute Gasteiger partial charge is 0.382 e. The molecule has 40 heavy (non-hydrogen) atoms. The first-order valence-electron chi connectivity index (χ1n) is 11.9. The van der Waals surface area contributed by atoms with Gasteiger partial charge in [-0.2, -0.15) is 17.9 Å². The Balaban J connectivity index is 1.80. The third-order valence-electron chi connectivity index (χ3n) is 5.58. The molecule has 0 unspecified atom stereocenters. The first-order chi connectivity index (χ1) is 18.6. The number of carbonyl (C=O) groups excluding carboxylic acids is 1. The fourth-order valence-electron chi connectivity index (χ4n) is 3.78. The Morgan fingerprint density at radius 1 is 1.07 bits per heavy atom. The fourth-order valence-corrected chi connectivity index (χ4v) is 4.10. The van der Waals surface area contributed by atoms with Crippen molar-refractivity contribution in [3.63, 3.8) is 0 Å². The molecular weight excluding hydrogens is 574 g/mol. The zero-order chi connectivity index (χ0) is 29.4. The van der Waals surface area contributed by atoms with Gasteiger partial charge in [-0.1, -0.05) is 44.0 Å². The molecule has 1 N–H and O–H groups in total. The third-order valence-corrected chi connectivity index (χ3v) is 6.13. The minimum atomic E-state index is -4.97.